The normalized spacial score (nSPS) is 16.8. The number of imide groups is 1. The molecule has 0 saturated carbocycles. The number of hydrogen-bond donors (Lipinski definition) is 0. The number of ether oxygens (including phenoxy) is 1. The van der Waals surface area contributed by atoms with E-state index >= 15 is 0 Å². The lowest BCUT2D eigenvalue weighted by atomic mass is 10.2. The maximum absolute atomic E-state index is 11.8. The van der Waals surface area contributed by atoms with E-state index in [1.807, 2.05) is 0 Å². The van der Waals surface area contributed by atoms with Gasteiger partial charge in [-0.25, -0.2) is 9.69 Å². The number of amides is 3. The molecule has 1 fully saturated rings. The molecular formula is C12H20N2O4. The molecule has 1 aliphatic heterocycles. The summed E-state index contributed by atoms with van der Waals surface area (Å²) in [5.74, 6) is -0.468. The predicted molar refractivity (Wildman–Crippen MR) is 64.8 cm³/mol. The van der Waals surface area contributed by atoms with E-state index in [1.54, 1.807) is 27.7 Å². The van der Waals surface area contributed by atoms with Gasteiger partial charge in [0, 0.05) is 19.5 Å². The van der Waals surface area contributed by atoms with E-state index in [1.165, 1.54) is 4.90 Å². The first kappa shape index (κ1) is 14.5. The maximum Gasteiger partial charge on any atom is 0.417 e. The molecule has 1 aliphatic rings. The lowest BCUT2D eigenvalue weighted by Gasteiger charge is -2.33. The van der Waals surface area contributed by atoms with Gasteiger partial charge in [0.15, 0.2) is 0 Å². The first-order chi connectivity index (χ1) is 8.24. The van der Waals surface area contributed by atoms with Crippen LogP contribution in [-0.4, -0.2) is 52.9 Å². The molecule has 1 saturated heterocycles. The van der Waals surface area contributed by atoms with Crippen LogP contribution in [0.5, 0.6) is 0 Å². The van der Waals surface area contributed by atoms with E-state index in [2.05, 4.69) is 0 Å². The zero-order valence-electron chi connectivity index (χ0n) is 11.4. The van der Waals surface area contributed by atoms with E-state index in [0.29, 0.717) is 13.0 Å². The fraction of sp³-hybridized carbons (Fsp3) is 0.750. The Labute approximate surface area is 107 Å². The number of piperazine rings is 1. The Morgan fingerprint density at radius 3 is 2.33 bits per heavy atom. The first-order valence-corrected chi connectivity index (χ1v) is 6.05. The summed E-state index contributed by atoms with van der Waals surface area (Å²) in [5.41, 5.74) is -0.631. The molecular weight excluding hydrogens is 236 g/mol. The zero-order valence-corrected chi connectivity index (χ0v) is 11.4. The van der Waals surface area contributed by atoms with Gasteiger partial charge in [0.05, 0.1) is 0 Å². The molecule has 18 heavy (non-hydrogen) atoms. The monoisotopic (exact) mass is 256 g/mol. The molecule has 3 amide bonds. The molecule has 0 aromatic carbocycles. The van der Waals surface area contributed by atoms with Crippen LogP contribution in [0.25, 0.3) is 0 Å². The van der Waals surface area contributed by atoms with Crippen molar-refractivity contribution in [2.24, 2.45) is 0 Å². The van der Waals surface area contributed by atoms with Crippen molar-refractivity contribution in [1.82, 2.24) is 9.80 Å². The van der Waals surface area contributed by atoms with Crippen molar-refractivity contribution in [1.29, 1.82) is 0 Å². The van der Waals surface area contributed by atoms with Crippen molar-refractivity contribution >= 4 is 17.9 Å². The van der Waals surface area contributed by atoms with Gasteiger partial charge in [0.2, 0.25) is 5.91 Å². The minimum absolute atomic E-state index is 0.0497. The molecule has 0 N–H and O–H groups in total. The van der Waals surface area contributed by atoms with Gasteiger partial charge in [-0.15, -0.1) is 0 Å². The van der Waals surface area contributed by atoms with Crippen LogP contribution in [0.2, 0.25) is 0 Å². The molecule has 6 nitrogen and oxygen atoms in total. The summed E-state index contributed by atoms with van der Waals surface area (Å²) < 4.78 is 5.13. The van der Waals surface area contributed by atoms with Gasteiger partial charge in [-0.1, -0.05) is 6.92 Å². The Bertz CT molecular complexity index is 360. The smallest absolute Gasteiger partial charge is 0.417 e. The van der Waals surface area contributed by atoms with Gasteiger partial charge >= 0.3 is 6.09 Å². The second-order valence-corrected chi connectivity index (χ2v) is 5.19. The van der Waals surface area contributed by atoms with Crippen molar-refractivity contribution in [2.45, 2.75) is 39.7 Å². The van der Waals surface area contributed by atoms with Crippen LogP contribution in [0, 0.1) is 0 Å². The van der Waals surface area contributed by atoms with Crippen LogP contribution in [-0.2, 0) is 14.3 Å². The van der Waals surface area contributed by atoms with E-state index in [4.69, 9.17) is 4.74 Å². The highest BCUT2D eigenvalue weighted by Gasteiger charge is 2.33. The van der Waals surface area contributed by atoms with Crippen LogP contribution in [0.15, 0.2) is 0 Å². The molecule has 102 valence electrons. The highest BCUT2D eigenvalue weighted by Crippen LogP contribution is 2.12. The van der Waals surface area contributed by atoms with E-state index in [-0.39, 0.29) is 19.0 Å². The van der Waals surface area contributed by atoms with Crippen LogP contribution in [0.1, 0.15) is 34.1 Å². The molecule has 1 heterocycles. The maximum atomic E-state index is 11.8. The molecule has 0 unspecified atom stereocenters. The number of nitrogens with zero attached hydrogens (tertiary/aromatic N) is 2. The summed E-state index contributed by atoms with van der Waals surface area (Å²) in [6, 6.07) is 0. The molecule has 0 atom stereocenters. The second-order valence-electron chi connectivity index (χ2n) is 5.19. The SMILES string of the molecule is CCC(=O)N1CCN(C(=O)OC(C)(C)C)C(=O)C1. The fourth-order valence-corrected chi connectivity index (χ4v) is 1.62. The largest absolute Gasteiger partial charge is 0.443 e. The minimum atomic E-state index is -0.643. The molecule has 0 aliphatic carbocycles. The highest BCUT2D eigenvalue weighted by molar-refractivity contribution is 5.95. The lowest BCUT2D eigenvalue weighted by molar-refractivity contribution is -0.144. The summed E-state index contributed by atoms with van der Waals surface area (Å²) >= 11 is 0. The quantitative estimate of drug-likeness (QED) is 0.702. The Morgan fingerprint density at radius 2 is 1.89 bits per heavy atom. The average molecular weight is 256 g/mol. The number of rotatable bonds is 1. The Morgan fingerprint density at radius 1 is 1.28 bits per heavy atom. The summed E-state index contributed by atoms with van der Waals surface area (Å²) in [7, 11) is 0. The van der Waals surface area contributed by atoms with Gasteiger partial charge in [0.25, 0.3) is 5.91 Å². The fourth-order valence-electron chi connectivity index (χ4n) is 1.62. The molecule has 0 spiro atoms. The van der Waals surface area contributed by atoms with Gasteiger partial charge < -0.3 is 9.64 Å². The predicted octanol–water partition coefficient (Wildman–Crippen LogP) is 1.00. The Hall–Kier alpha value is -1.59. The van der Waals surface area contributed by atoms with Crippen molar-refractivity contribution in [3.63, 3.8) is 0 Å². The Balaban J connectivity index is 2.60. The van der Waals surface area contributed by atoms with Crippen molar-refractivity contribution in [2.75, 3.05) is 19.6 Å². The van der Waals surface area contributed by atoms with Crippen LogP contribution < -0.4 is 0 Å². The van der Waals surface area contributed by atoms with Crippen molar-refractivity contribution < 1.29 is 19.1 Å². The number of hydrogen-bond acceptors (Lipinski definition) is 4. The topological polar surface area (TPSA) is 66.9 Å². The summed E-state index contributed by atoms with van der Waals surface area (Å²) in [6.45, 7) is 7.49. The summed E-state index contributed by atoms with van der Waals surface area (Å²) in [5, 5.41) is 0. The molecule has 6 heteroatoms. The zero-order chi connectivity index (χ0) is 13.9. The number of carbonyl (C=O) groups is 3. The molecule has 0 radical (unpaired) electrons. The number of carbonyl (C=O) groups excluding carboxylic acids is 3. The standard InChI is InChI=1S/C12H20N2O4/c1-5-9(15)13-6-7-14(10(16)8-13)11(17)18-12(2,3)4/h5-8H2,1-4H3. The highest BCUT2D eigenvalue weighted by atomic mass is 16.6. The third-order valence-corrected chi connectivity index (χ3v) is 2.49. The third-order valence-electron chi connectivity index (χ3n) is 2.49. The van der Waals surface area contributed by atoms with Crippen LogP contribution >= 0.6 is 0 Å². The van der Waals surface area contributed by atoms with Crippen LogP contribution in [0.4, 0.5) is 4.79 Å². The van der Waals surface area contributed by atoms with Gasteiger partial charge in [-0.2, -0.15) is 0 Å². The molecule has 0 aromatic rings. The second kappa shape index (κ2) is 5.37. The minimum Gasteiger partial charge on any atom is -0.443 e. The lowest BCUT2D eigenvalue weighted by Crippen LogP contribution is -2.54. The summed E-state index contributed by atoms with van der Waals surface area (Å²) in [4.78, 5) is 37.5. The average Bonchev–Trinajstić information content (AvgIpc) is 2.25. The van der Waals surface area contributed by atoms with Crippen molar-refractivity contribution in [3.05, 3.63) is 0 Å². The van der Waals surface area contributed by atoms with Crippen molar-refractivity contribution in [3.8, 4) is 0 Å². The van der Waals surface area contributed by atoms with Gasteiger partial charge in [-0.3, -0.25) is 9.59 Å². The molecule has 1 rings (SSSR count). The first-order valence-electron chi connectivity index (χ1n) is 6.05. The van der Waals surface area contributed by atoms with E-state index in [9.17, 15) is 14.4 Å². The third kappa shape index (κ3) is 3.72. The Kier molecular flexibility index (Phi) is 4.32. The molecule has 0 aromatic heterocycles. The van der Waals surface area contributed by atoms with E-state index < -0.39 is 17.6 Å². The van der Waals surface area contributed by atoms with E-state index in [0.717, 1.165) is 4.90 Å². The van der Waals surface area contributed by atoms with Gasteiger partial charge in [0.1, 0.15) is 12.1 Å². The molecule has 0 bridgehead atoms. The van der Waals surface area contributed by atoms with Gasteiger partial charge in [-0.05, 0) is 20.8 Å². The summed E-state index contributed by atoms with van der Waals surface area (Å²) in [6.07, 6.45) is -0.282. The van der Waals surface area contributed by atoms with Crippen LogP contribution in [0.3, 0.4) is 0 Å².